The Bertz CT molecular complexity index is 1340. The molecule has 0 spiro atoms. The van der Waals surface area contributed by atoms with Gasteiger partial charge in [-0.25, -0.2) is 0 Å². The van der Waals surface area contributed by atoms with Crippen LogP contribution in [0.3, 0.4) is 0 Å². The van der Waals surface area contributed by atoms with Gasteiger partial charge in [-0.2, -0.15) is 0 Å². The Kier molecular flexibility index (Phi) is 25.6. The van der Waals surface area contributed by atoms with Gasteiger partial charge in [0.15, 0.2) is 5.78 Å². The van der Waals surface area contributed by atoms with E-state index in [-0.39, 0.29) is 71.4 Å². The summed E-state index contributed by atoms with van der Waals surface area (Å²) in [7, 11) is 3.11. The van der Waals surface area contributed by atoms with Crippen LogP contribution < -0.4 is 16.0 Å². The number of Topliss-reactive ketones (excluding diaryl/α,β-unsaturated/α-hetero) is 1. The van der Waals surface area contributed by atoms with E-state index in [1.807, 2.05) is 30.3 Å². The summed E-state index contributed by atoms with van der Waals surface area (Å²) in [6, 6.07) is 17.1. The number of hydrogen-bond acceptors (Lipinski definition) is 12. The minimum atomic E-state index is -1.18. The first kappa shape index (κ1) is 45.9. The van der Waals surface area contributed by atoms with Gasteiger partial charge in [-0.05, 0) is 42.4 Å². The first-order chi connectivity index (χ1) is 26.3. The van der Waals surface area contributed by atoms with E-state index in [0.29, 0.717) is 26.4 Å². The molecule has 0 fully saturated rings. The zero-order valence-electron chi connectivity index (χ0n) is 31.6. The fourth-order valence-electron chi connectivity index (χ4n) is 4.82. The quantitative estimate of drug-likeness (QED) is 0.0720. The molecule has 1 atom stereocenters. The number of carbonyl (C=O) groups is 5. The van der Waals surface area contributed by atoms with Crippen molar-refractivity contribution in [2.75, 3.05) is 100.0 Å². The molecule has 54 heavy (non-hydrogen) atoms. The first-order valence-corrected chi connectivity index (χ1v) is 18.2. The van der Waals surface area contributed by atoms with Crippen LogP contribution in [0.2, 0.25) is 0 Å². The number of esters is 1. The first-order valence-electron chi connectivity index (χ1n) is 18.2. The second kappa shape index (κ2) is 30.1. The Labute approximate surface area is 318 Å². The minimum absolute atomic E-state index is 0.125. The normalized spacial score (nSPS) is 11.4. The fourth-order valence-corrected chi connectivity index (χ4v) is 4.82. The van der Waals surface area contributed by atoms with Crippen molar-refractivity contribution in [2.24, 2.45) is 0 Å². The van der Waals surface area contributed by atoms with Crippen LogP contribution in [0.4, 0.5) is 0 Å². The SMILES string of the molecule is COCCOCCOCC(=O)NC[C@H](NC(=O)COCCOCCOC)C(=O)NCCC(=O)OCC(=O)Cc1ccc(CCCCc2ccccc2)cc1. The standard InChI is InChI=1S/C39H57N3O12/c1-48-18-20-50-22-24-52-29-36(44)41-27-35(42-37(45)30-53-25-23-51-21-19-49-2)39(47)40-17-16-38(46)54-28-34(43)26-33-14-12-32(13-15-33)11-7-6-10-31-8-4-3-5-9-31/h3-5,8-9,12-15,35H,6-7,10-11,16-30H2,1-2H3,(H,40,47)(H,41,44)(H,42,45)/t35-/m0/s1. The third-order valence-electron chi connectivity index (χ3n) is 7.70. The van der Waals surface area contributed by atoms with E-state index in [2.05, 4.69) is 40.2 Å². The average Bonchev–Trinajstić information content (AvgIpc) is 3.17. The van der Waals surface area contributed by atoms with Gasteiger partial charge in [0.25, 0.3) is 0 Å². The fraction of sp³-hybridized carbons (Fsp3) is 0.564. The number of nitrogens with one attached hydrogen (secondary N) is 3. The van der Waals surface area contributed by atoms with Crippen LogP contribution in [0.25, 0.3) is 0 Å². The van der Waals surface area contributed by atoms with Crippen LogP contribution in [0.15, 0.2) is 54.6 Å². The lowest BCUT2D eigenvalue weighted by Gasteiger charge is -2.19. The van der Waals surface area contributed by atoms with Crippen molar-refractivity contribution in [3.63, 3.8) is 0 Å². The second-order valence-electron chi connectivity index (χ2n) is 12.2. The number of benzene rings is 2. The highest BCUT2D eigenvalue weighted by Gasteiger charge is 2.22. The Morgan fingerprint density at radius 2 is 1.13 bits per heavy atom. The number of carbonyl (C=O) groups excluding carboxylic acids is 5. The molecular formula is C39H57N3O12. The maximum Gasteiger partial charge on any atom is 0.308 e. The van der Waals surface area contributed by atoms with E-state index >= 15 is 0 Å². The monoisotopic (exact) mass is 759 g/mol. The lowest BCUT2D eigenvalue weighted by atomic mass is 10.0. The van der Waals surface area contributed by atoms with Crippen LogP contribution in [0, 0.1) is 0 Å². The molecule has 2 aromatic rings. The average molecular weight is 760 g/mol. The van der Waals surface area contributed by atoms with Crippen LogP contribution >= 0.6 is 0 Å². The van der Waals surface area contributed by atoms with Crippen LogP contribution in [0.1, 0.15) is 36.0 Å². The van der Waals surface area contributed by atoms with Gasteiger partial charge in [-0.1, -0.05) is 54.6 Å². The lowest BCUT2D eigenvalue weighted by Crippen LogP contribution is -2.54. The van der Waals surface area contributed by atoms with Gasteiger partial charge in [-0.3, -0.25) is 24.0 Å². The molecule has 0 unspecified atom stereocenters. The van der Waals surface area contributed by atoms with Crippen LogP contribution in [0.5, 0.6) is 0 Å². The molecule has 0 saturated heterocycles. The highest BCUT2D eigenvalue weighted by Crippen LogP contribution is 2.11. The zero-order valence-corrected chi connectivity index (χ0v) is 31.6. The molecule has 3 amide bonds. The number of unbranched alkanes of at least 4 members (excludes halogenated alkanes) is 1. The number of methoxy groups -OCH3 is 2. The van der Waals surface area contributed by atoms with Gasteiger partial charge < -0.3 is 49.1 Å². The molecule has 0 radical (unpaired) electrons. The number of ketones is 1. The summed E-state index contributed by atoms with van der Waals surface area (Å²) < 4.78 is 36.0. The molecule has 0 aliphatic carbocycles. The summed E-state index contributed by atoms with van der Waals surface area (Å²) in [5, 5.41) is 7.62. The Hall–Kier alpha value is -4.25. The van der Waals surface area contributed by atoms with E-state index in [1.165, 1.54) is 11.1 Å². The summed E-state index contributed by atoms with van der Waals surface area (Å²) in [6.45, 7) is 1.09. The van der Waals surface area contributed by atoms with Crippen LogP contribution in [-0.2, 0) is 76.4 Å². The summed E-state index contributed by atoms with van der Waals surface area (Å²) in [4.78, 5) is 62.5. The van der Waals surface area contributed by atoms with Crippen molar-refractivity contribution in [1.82, 2.24) is 16.0 Å². The molecular weight excluding hydrogens is 702 g/mol. The molecule has 15 heteroatoms. The predicted molar refractivity (Wildman–Crippen MR) is 199 cm³/mol. The largest absolute Gasteiger partial charge is 0.458 e. The molecule has 0 heterocycles. The van der Waals surface area contributed by atoms with Crippen molar-refractivity contribution in [2.45, 2.75) is 44.6 Å². The Balaban J connectivity index is 1.70. The third kappa shape index (κ3) is 23.4. The van der Waals surface area contributed by atoms with E-state index in [1.54, 1.807) is 14.2 Å². The van der Waals surface area contributed by atoms with Gasteiger partial charge in [0.05, 0.1) is 59.3 Å². The van der Waals surface area contributed by atoms with Gasteiger partial charge >= 0.3 is 5.97 Å². The molecule has 2 aromatic carbocycles. The molecule has 3 N–H and O–H groups in total. The maximum atomic E-state index is 12.9. The van der Waals surface area contributed by atoms with Gasteiger partial charge in [-0.15, -0.1) is 0 Å². The molecule has 0 aromatic heterocycles. The molecule has 15 nitrogen and oxygen atoms in total. The lowest BCUT2D eigenvalue weighted by molar-refractivity contribution is -0.147. The van der Waals surface area contributed by atoms with Gasteiger partial charge in [0.1, 0.15) is 25.9 Å². The topological polar surface area (TPSA) is 186 Å². The van der Waals surface area contributed by atoms with Crippen molar-refractivity contribution in [3.05, 3.63) is 71.3 Å². The third-order valence-corrected chi connectivity index (χ3v) is 7.70. The number of hydrogen-bond donors (Lipinski definition) is 3. The minimum Gasteiger partial charge on any atom is -0.458 e. The number of amides is 3. The van der Waals surface area contributed by atoms with E-state index in [9.17, 15) is 24.0 Å². The summed E-state index contributed by atoms with van der Waals surface area (Å²) >= 11 is 0. The number of rotatable bonds is 32. The molecule has 300 valence electrons. The maximum absolute atomic E-state index is 12.9. The Morgan fingerprint density at radius 1 is 0.593 bits per heavy atom. The summed E-state index contributed by atoms with van der Waals surface area (Å²) in [6.07, 6.45) is 4.09. The van der Waals surface area contributed by atoms with E-state index in [0.717, 1.165) is 31.2 Å². The number of aryl methyl sites for hydroxylation is 2. The van der Waals surface area contributed by atoms with Crippen LogP contribution in [-0.4, -0.2) is 136 Å². The summed E-state index contributed by atoms with van der Waals surface area (Å²) in [5.41, 5.74) is 3.37. The zero-order chi connectivity index (χ0) is 39.1. The molecule has 0 bridgehead atoms. The van der Waals surface area contributed by atoms with E-state index in [4.69, 9.17) is 33.2 Å². The van der Waals surface area contributed by atoms with Crippen molar-refractivity contribution in [1.29, 1.82) is 0 Å². The highest BCUT2D eigenvalue weighted by atomic mass is 16.6. The van der Waals surface area contributed by atoms with Gasteiger partial charge in [0, 0.05) is 33.7 Å². The van der Waals surface area contributed by atoms with Gasteiger partial charge in [0.2, 0.25) is 17.7 Å². The molecule has 0 aliphatic heterocycles. The van der Waals surface area contributed by atoms with Crippen molar-refractivity contribution in [3.8, 4) is 0 Å². The molecule has 0 aliphatic rings. The predicted octanol–water partition coefficient (Wildman–Crippen LogP) is 1.37. The second-order valence-corrected chi connectivity index (χ2v) is 12.2. The molecule has 2 rings (SSSR count). The highest BCUT2D eigenvalue weighted by molar-refractivity contribution is 5.89. The van der Waals surface area contributed by atoms with E-state index < -0.39 is 36.3 Å². The Morgan fingerprint density at radius 3 is 1.74 bits per heavy atom. The van der Waals surface area contributed by atoms with Crippen molar-refractivity contribution < 1.29 is 57.1 Å². The van der Waals surface area contributed by atoms with Crippen molar-refractivity contribution >= 4 is 29.5 Å². The number of ether oxygens (including phenoxy) is 7. The smallest absolute Gasteiger partial charge is 0.308 e. The summed E-state index contributed by atoms with van der Waals surface area (Å²) in [5.74, 6) is -2.69. The molecule has 0 saturated carbocycles.